The van der Waals surface area contributed by atoms with Gasteiger partial charge in [0.05, 0.1) is 12.7 Å². The summed E-state index contributed by atoms with van der Waals surface area (Å²) in [4.78, 5) is 11.9. The largest absolute Gasteiger partial charge is 0.497 e. The van der Waals surface area contributed by atoms with Gasteiger partial charge in [-0.15, -0.1) is 0 Å². The molecule has 0 aliphatic carbocycles. The van der Waals surface area contributed by atoms with Crippen molar-refractivity contribution >= 4 is 5.97 Å². The molecule has 1 aliphatic rings. The van der Waals surface area contributed by atoms with E-state index in [-0.39, 0.29) is 12.1 Å². The molecule has 3 nitrogen and oxygen atoms in total. The van der Waals surface area contributed by atoms with Crippen molar-refractivity contribution in [2.24, 2.45) is 0 Å². The first-order valence-electron chi connectivity index (χ1n) is 6.15. The molecule has 0 aromatic heterocycles. The molecule has 0 spiro atoms. The molecule has 1 heterocycles. The van der Waals surface area contributed by atoms with Gasteiger partial charge in [0.1, 0.15) is 5.75 Å². The van der Waals surface area contributed by atoms with Crippen LogP contribution in [0.3, 0.4) is 0 Å². The van der Waals surface area contributed by atoms with Crippen LogP contribution in [0.25, 0.3) is 0 Å². The van der Waals surface area contributed by atoms with Crippen molar-refractivity contribution in [1.29, 1.82) is 0 Å². The second-order valence-electron chi connectivity index (χ2n) is 4.60. The molecule has 0 fully saturated rings. The summed E-state index contributed by atoms with van der Waals surface area (Å²) in [5, 5.41) is 0. The summed E-state index contributed by atoms with van der Waals surface area (Å²) in [6.07, 6.45) is -0.312. The third kappa shape index (κ3) is 1.87. The number of rotatable bonds is 2. The van der Waals surface area contributed by atoms with Crippen LogP contribution in [0, 0.1) is 6.92 Å². The summed E-state index contributed by atoms with van der Waals surface area (Å²) in [5.74, 6) is 0.548. The van der Waals surface area contributed by atoms with Gasteiger partial charge in [-0.05, 0) is 30.2 Å². The van der Waals surface area contributed by atoms with Crippen molar-refractivity contribution in [2.75, 3.05) is 7.11 Å². The fourth-order valence-corrected chi connectivity index (χ4v) is 2.44. The third-order valence-electron chi connectivity index (χ3n) is 3.44. The number of ether oxygens (including phenoxy) is 2. The maximum absolute atomic E-state index is 11.9. The molecule has 96 valence electrons. The second kappa shape index (κ2) is 4.43. The van der Waals surface area contributed by atoms with Crippen LogP contribution in [-0.4, -0.2) is 13.1 Å². The molecule has 3 rings (SSSR count). The molecule has 0 bridgehead atoms. The standard InChI is InChI=1S/C16H14O3/c1-10-4-3-5-13-14(10)16(17)19-15(13)11-6-8-12(18-2)9-7-11/h3-9,15H,1-2H3. The van der Waals surface area contributed by atoms with Crippen LogP contribution in [0.15, 0.2) is 42.5 Å². The Balaban J connectivity index is 2.04. The Morgan fingerprint density at radius 3 is 2.53 bits per heavy atom. The van der Waals surface area contributed by atoms with Crippen molar-refractivity contribution < 1.29 is 14.3 Å². The Morgan fingerprint density at radius 1 is 1.11 bits per heavy atom. The molecule has 0 radical (unpaired) electrons. The number of hydrogen-bond acceptors (Lipinski definition) is 3. The molecule has 1 unspecified atom stereocenters. The van der Waals surface area contributed by atoms with Gasteiger partial charge in [-0.1, -0.05) is 30.3 Å². The normalized spacial score (nSPS) is 16.9. The fourth-order valence-electron chi connectivity index (χ4n) is 2.44. The maximum atomic E-state index is 11.9. The average molecular weight is 254 g/mol. The molecule has 1 atom stereocenters. The first-order chi connectivity index (χ1) is 9.20. The summed E-state index contributed by atoms with van der Waals surface area (Å²) >= 11 is 0. The first-order valence-corrected chi connectivity index (χ1v) is 6.15. The zero-order valence-electron chi connectivity index (χ0n) is 10.8. The molecule has 1 aliphatic heterocycles. The summed E-state index contributed by atoms with van der Waals surface area (Å²) in [6, 6.07) is 13.4. The molecule has 2 aromatic carbocycles. The number of benzene rings is 2. The molecule has 2 aromatic rings. The van der Waals surface area contributed by atoms with Crippen molar-refractivity contribution in [3.05, 3.63) is 64.7 Å². The smallest absolute Gasteiger partial charge is 0.339 e. The molecular weight excluding hydrogens is 240 g/mol. The number of carbonyl (C=O) groups is 1. The highest BCUT2D eigenvalue weighted by molar-refractivity contribution is 5.96. The highest BCUT2D eigenvalue weighted by Gasteiger charge is 2.33. The van der Waals surface area contributed by atoms with Crippen molar-refractivity contribution in [3.63, 3.8) is 0 Å². The van der Waals surface area contributed by atoms with Gasteiger partial charge in [0.15, 0.2) is 6.10 Å². The van der Waals surface area contributed by atoms with E-state index in [9.17, 15) is 4.79 Å². The summed E-state index contributed by atoms with van der Waals surface area (Å²) in [6.45, 7) is 1.93. The SMILES string of the molecule is COc1ccc(C2OC(=O)c3c(C)cccc32)cc1. The van der Waals surface area contributed by atoms with Crippen molar-refractivity contribution in [2.45, 2.75) is 13.0 Å². The van der Waals surface area contributed by atoms with Crippen molar-refractivity contribution in [3.8, 4) is 5.75 Å². The molecule has 3 heteroatoms. The highest BCUT2D eigenvalue weighted by atomic mass is 16.5. The van der Waals surface area contributed by atoms with E-state index in [2.05, 4.69) is 0 Å². The minimum atomic E-state index is -0.312. The third-order valence-corrected chi connectivity index (χ3v) is 3.44. The number of esters is 1. The highest BCUT2D eigenvalue weighted by Crippen LogP contribution is 2.37. The molecule has 19 heavy (non-hydrogen) atoms. The number of carbonyl (C=O) groups excluding carboxylic acids is 1. The minimum absolute atomic E-state index is 0.242. The lowest BCUT2D eigenvalue weighted by molar-refractivity contribution is 0.0455. The van der Waals surface area contributed by atoms with E-state index in [1.165, 1.54) is 0 Å². The van der Waals surface area contributed by atoms with Crippen LogP contribution < -0.4 is 4.74 Å². The van der Waals surface area contributed by atoms with Crippen LogP contribution in [0.4, 0.5) is 0 Å². The van der Waals surface area contributed by atoms with Gasteiger partial charge in [0, 0.05) is 5.56 Å². The Kier molecular flexibility index (Phi) is 2.75. The van der Waals surface area contributed by atoms with E-state index < -0.39 is 0 Å². The van der Waals surface area contributed by atoms with Gasteiger partial charge < -0.3 is 9.47 Å². The van der Waals surface area contributed by atoms with Crippen LogP contribution in [-0.2, 0) is 4.74 Å². The maximum Gasteiger partial charge on any atom is 0.339 e. The Morgan fingerprint density at radius 2 is 1.84 bits per heavy atom. The molecular formula is C16H14O3. The fraction of sp³-hybridized carbons (Fsp3) is 0.188. The van der Waals surface area contributed by atoms with E-state index in [1.807, 2.05) is 49.4 Å². The van der Waals surface area contributed by atoms with Crippen LogP contribution in [0.5, 0.6) is 5.75 Å². The Bertz CT molecular complexity index is 629. The van der Waals surface area contributed by atoms with Crippen molar-refractivity contribution in [1.82, 2.24) is 0 Å². The number of cyclic esters (lactones) is 1. The van der Waals surface area contributed by atoms with Gasteiger partial charge >= 0.3 is 5.97 Å². The van der Waals surface area contributed by atoms with E-state index in [4.69, 9.17) is 9.47 Å². The first kappa shape index (κ1) is 11.8. The summed E-state index contributed by atoms with van der Waals surface area (Å²) in [7, 11) is 1.63. The zero-order valence-corrected chi connectivity index (χ0v) is 10.8. The molecule has 0 saturated heterocycles. The topological polar surface area (TPSA) is 35.5 Å². The number of fused-ring (bicyclic) bond motifs is 1. The second-order valence-corrected chi connectivity index (χ2v) is 4.60. The van der Waals surface area contributed by atoms with E-state index >= 15 is 0 Å². The van der Waals surface area contributed by atoms with E-state index in [1.54, 1.807) is 7.11 Å². The summed E-state index contributed by atoms with van der Waals surface area (Å²) in [5.41, 5.74) is 3.55. The Hall–Kier alpha value is -2.29. The van der Waals surface area contributed by atoms with E-state index in [0.717, 1.165) is 22.4 Å². The summed E-state index contributed by atoms with van der Waals surface area (Å²) < 4.78 is 10.6. The molecule has 0 N–H and O–H groups in total. The Labute approximate surface area is 111 Å². The quantitative estimate of drug-likeness (QED) is 0.772. The van der Waals surface area contributed by atoms with Crippen LogP contribution in [0.2, 0.25) is 0 Å². The lowest BCUT2D eigenvalue weighted by Crippen LogP contribution is -2.00. The predicted molar refractivity (Wildman–Crippen MR) is 71.4 cm³/mol. The van der Waals surface area contributed by atoms with Gasteiger partial charge in [-0.2, -0.15) is 0 Å². The van der Waals surface area contributed by atoms with Gasteiger partial charge in [0.2, 0.25) is 0 Å². The monoisotopic (exact) mass is 254 g/mol. The lowest BCUT2D eigenvalue weighted by Gasteiger charge is -2.11. The minimum Gasteiger partial charge on any atom is -0.497 e. The van der Waals surface area contributed by atoms with Crippen LogP contribution >= 0.6 is 0 Å². The number of methoxy groups -OCH3 is 1. The van der Waals surface area contributed by atoms with Gasteiger partial charge in [-0.25, -0.2) is 4.79 Å². The predicted octanol–water partition coefficient (Wildman–Crippen LogP) is 3.26. The number of hydrogen-bond donors (Lipinski definition) is 0. The van der Waals surface area contributed by atoms with Gasteiger partial charge in [0.25, 0.3) is 0 Å². The average Bonchev–Trinajstić information content (AvgIpc) is 2.78. The molecule has 0 saturated carbocycles. The lowest BCUT2D eigenvalue weighted by atomic mass is 9.96. The zero-order chi connectivity index (χ0) is 13.4. The number of aryl methyl sites for hydroxylation is 1. The van der Waals surface area contributed by atoms with Crippen LogP contribution in [0.1, 0.15) is 33.2 Å². The van der Waals surface area contributed by atoms with E-state index in [0.29, 0.717) is 5.56 Å². The molecule has 0 amide bonds. The van der Waals surface area contributed by atoms with Gasteiger partial charge in [-0.3, -0.25) is 0 Å².